The zero-order valence-corrected chi connectivity index (χ0v) is 26.9. The van der Waals surface area contributed by atoms with Gasteiger partial charge in [0, 0.05) is 79.8 Å². The van der Waals surface area contributed by atoms with E-state index in [1.807, 2.05) is 13.8 Å². The molecule has 0 unspecified atom stereocenters. The van der Waals surface area contributed by atoms with Crippen molar-refractivity contribution in [2.24, 2.45) is 14.1 Å². The van der Waals surface area contributed by atoms with Crippen LogP contribution in [-0.2, 0) is 41.3 Å². The number of nitrogens with one attached hydrogen (secondary N) is 1. The second-order valence-corrected chi connectivity index (χ2v) is 10.1. The Balaban J connectivity index is 0. The van der Waals surface area contributed by atoms with Crippen LogP contribution in [0.1, 0.15) is 25.2 Å². The maximum Gasteiger partial charge on any atom is 0.368 e. The first kappa shape index (κ1) is 34.9. The molecule has 0 aromatic carbocycles. The molecule has 0 bridgehead atoms. The van der Waals surface area contributed by atoms with E-state index in [4.69, 9.17) is 22.8 Å². The van der Waals surface area contributed by atoms with E-state index >= 15 is 0 Å². The standard InChI is InChI=1S/C8H15N2O4P.C7H13N2O4P.C2H6.I2/c1-6-7(15(12,13-4)14-5)8(11)10(3)9(6)2;1-5-6(7(11-2)9-8-5)14(10,12-3)13-4;2*1-2/h1-5H3;1-4H3,(H,8,9);1-2H3;. The Morgan fingerprint density at radius 2 is 1.21 bits per heavy atom. The highest BCUT2D eigenvalue weighted by molar-refractivity contribution is 15.0. The number of aryl methyl sites for hydroxylation is 1. The number of aromatic nitrogens is 4. The Bertz CT molecular complexity index is 990. The van der Waals surface area contributed by atoms with Crippen molar-refractivity contribution in [3.8, 4) is 5.88 Å². The lowest BCUT2D eigenvalue weighted by Gasteiger charge is -2.13. The topological polar surface area (TPSA) is 136 Å². The fourth-order valence-corrected chi connectivity index (χ4v) is 5.30. The summed E-state index contributed by atoms with van der Waals surface area (Å²) in [6, 6.07) is 0. The van der Waals surface area contributed by atoms with E-state index in [0.29, 0.717) is 16.7 Å². The highest BCUT2D eigenvalue weighted by Crippen LogP contribution is 2.48. The molecular formula is C17H34I2N4O8P2. The van der Waals surface area contributed by atoms with Crippen LogP contribution in [0.5, 0.6) is 5.88 Å². The summed E-state index contributed by atoms with van der Waals surface area (Å²) in [5.74, 6) is 0.231. The summed E-state index contributed by atoms with van der Waals surface area (Å²) < 4.78 is 51.3. The van der Waals surface area contributed by atoms with Crippen molar-refractivity contribution in [2.45, 2.75) is 27.7 Å². The van der Waals surface area contributed by atoms with Crippen LogP contribution in [-0.4, -0.2) is 55.1 Å². The van der Waals surface area contributed by atoms with E-state index in [9.17, 15) is 13.9 Å². The number of aromatic amines is 1. The average molecular weight is 738 g/mol. The van der Waals surface area contributed by atoms with Crippen LogP contribution >= 0.6 is 52.4 Å². The van der Waals surface area contributed by atoms with E-state index in [-0.39, 0.29) is 16.7 Å². The quantitative estimate of drug-likeness (QED) is 0.333. The van der Waals surface area contributed by atoms with Gasteiger partial charge in [-0.2, -0.15) is 0 Å². The molecule has 0 amide bonds. The van der Waals surface area contributed by atoms with Crippen molar-refractivity contribution in [3.63, 3.8) is 0 Å². The minimum Gasteiger partial charge on any atom is -0.479 e. The Morgan fingerprint density at radius 1 is 0.818 bits per heavy atom. The molecule has 0 aliphatic carbocycles. The van der Waals surface area contributed by atoms with Crippen LogP contribution in [0.3, 0.4) is 0 Å². The Hall–Kier alpha value is -0.220. The van der Waals surface area contributed by atoms with Gasteiger partial charge in [0.2, 0.25) is 5.88 Å². The van der Waals surface area contributed by atoms with E-state index in [2.05, 4.69) is 47.4 Å². The van der Waals surface area contributed by atoms with Crippen LogP contribution in [0.2, 0.25) is 0 Å². The summed E-state index contributed by atoms with van der Waals surface area (Å²) in [6.07, 6.45) is 0. The van der Waals surface area contributed by atoms with E-state index in [1.54, 1.807) is 32.6 Å². The lowest BCUT2D eigenvalue weighted by atomic mass is 10.5. The van der Waals surface area contributed by atoms with Crippen LogP contribution in [0, 0.1) is 13.8 Å². The van der Waals surface area contributed by atoms with Crippen LogP contribution in [0.25, 0.3) is 0 Å². The predicted molar refractivity (Wildman–Crippen MR) is 147 cm³/mol. The van der Waals surface area contributed by atoms with Crippen LogP contribution in [0.4, 0.5) is 0 Å². The van der Waals surface area contributed by atoms with Gasteiger partial charge in [-0.1, -0.05) is 13.8 Å². The molecule has 1 N–H and O–H groups in total. The largest absolute Gasteiger partial charge is 0.479 e. The number of hydrogen-bond acceptors (Lipinski definition) is 9. The molecule has 194 valence electrons. The lowest BCUT2D eigenvalue weighted by molar-refractivity contribution is 0.285. The number of methoxy groups -OCH3 is 1. The molecule has 16 heteroatoms. The Morgan fingerprint density at radius 3 is 1.52 bits per heavy atom. The van der Waals surface area contributed by atoms with Gasteiger partial charge in [-0.25, -0.2) is 0 Å². The van der Waals surface area contributed by atoms with Crippen molar-refractivity contribution in [1.82, 2.24) is 19.6 Å². The number of nitrogens with zero attached hydrogens (tertiary/aromatic N) is 3. The first-order valence-electron chi connectivity index (χ1n) is 9.37. The molecule has 12 nitrogen and oxygen atoms in total. The molecule has 2 aromatic rings. The van der Waals surface area contributed by atoms with Gasteiger partial charge in [0.25, 0.3) is 5.56 Å². The van der Waals surface area contributed by atoms with Crippen molar-refractivity contribution >= 4 is 63.0 Å². The zero-order valence-electron chi connectivity index (χ0n) is 20.8. The van der Waals surface area contributed by atoms with E-state index in [1.165, 1.54) is 40.2 Å². The molecule has 0 radical (unpaired) electrons. The number of halogens is 2. The Kier molecular flexibility index (Phi) is 17.4. The third-order valence-electron chi connectivity index (χ3n) is 4.36. The highest BCUT2D eigenvalue weighted by atomic mass is 128. The average Bonchev–Trinajstić information content (AvgIpc) is 3.34. The monoisotopic (exact) mass is 738 g/mol. The molecule has 0 aliphatic heterocycles. The molecule has 0 saturated heterocycles. The lowest BCUT2D eigenvalue weighted by Crippen LogP contribution is -2.28. The normalized spacial score (nSPS) is 10.8. The summed E-state index contributed by atoms with van der Waals surface area (Å²) >= 11 is 4.24. The maximum absolute atomic E-state index is 12.1. The van der Waals surface area contributed by atoms with Gasteiger partial charge in [0.05, 0.1) is 18.5 Å². The summed E-state index contributed by atoms with van der Waals surface area (Å²) in [4.78, 5) is 11.8. The van der Waals surface area contributed by atoms with Crippen molar-refractivity contribution < 1.29 is 32.0 Å². The first-order chi connectivity index (χ1) is 15.5. The molecule has 0 saturated carbocycles. The summed E-state index contributed by atoms with van der Waals surface area (Å²) in [5.41, 5.74) is 0.824. The highest BCUT2D eigenvalue weighted by Gasteiger charge is 2.34. The number of ether oxygens (including phenoxy) is 1. The third kappa shape index (κ3) is 8.16. The maximum atomic E-state index is 12.1. The van der Waals surface area contributed by atoms with Gasteiger partial charge in [-0.15, -0.1) is 5.10 Å². The number of H-pyrrole nitrogens is 1. The number of hydrogen-bond donors (Lipinski definition) is 1. The smallest absolute Gasteiger partial charge is 0.368 e. The van der Waals surface area contributed by atoms with E-state index < -0.39 is 15.2 Å². The van der Waals surface area contributed by atoms with Crippen LogP contribution < -0.4 is 20.9 Å². The summed E-state index contributed by atoms with van der Waals surface area (Å²) in [5, 5.41) is 6.90. The molecule has 2 aromatic heterocycles. The van der Waals surface area contributed by atoms with Gasteiger partial charge >= 0.3 is 15.2 Å². The molecule has 2 rings (SSSR count). The minimum absolute atomic E-state index is 0.0949. The molecule has 0 atom stereocenters. The van der Waals surface area contributed by atoms with Gasteiger partial charge in [0.1, 0.15) is 5.30 Å². The molecule has 33 heavy (non-hydrogen) atoms. The minimum atomic E-state index is -3.47. The van der Waals surface area contributed by atoms with Gasteiger partial charge in [0.15, 0.2) is 5.30 Å². The van der Waals surface area contributed by atoms with Crippen molar-refractivity contribution in [2.75, 3.05) is 35.5 Å². The zero-order chi connectivity index (χ0) is 26.6. The predicted octanol–water partition coefficient (Wildman–Crippen LogP) is 3.78. The molecule has 2 heterocycles. The first-order valence-corrected chi connectivity index (χ1v) is 18.7. The third-order valence-corrected chi connectivity index (χ3v) is 8.42. The molecule has 0 spiro atoms. The summed E-state index contributed by atoms with van der Waals surface area (Å²) in [7, 11) is 3.12. The summed E-state index contributed by atoms with van der Waals surface area (Å²) in [6.45, 7) is 7.41. The Labute approximate surface area is 218 Å². The van der Waals surface area contributed by atoms with Crippen molar-refractivity contribution in [3.05, 3.63) is 21.7 Å². The fraction of sp³-hybridized carbons (Fsp3) is 0.647. The second-order valence-electron chi connectivity index (χ2n) is 5.72. The van der Waals surface area contributed by atoms with Gasteiger partial charge < -0.3 is 22.8 Å². The van der Waals surface area contributed by atoms with Crippen LogP contribution in [0.15, 0.2) is 4.79 Å². The molecule has 0 fully saturated rings. The number of rotatable bonds is 7. The van der Waals surface area contributed by atoms with E-state index in [0.717, 1.165) is 0 Å². The fourth-order valence-electron chi connectivity index (χ4n) is 2.52. The second kappa shape index (κ2) is 16.5. The SMILES string of the molecule is CC.COP(=O)(OC)c1c(C)n(C)n(C)c1=O.COc1n[nH]c(C)c1P(=O)(OC)OC.II. The molecule has 0 aliphatic rings. The van der Waals surface area contributed by atoms with Crippen molar-refractivity contribution in [1.29, 1.82) is 0 Å². The molecular weight excluding hydrogens is 704 g/mol. The van der Waals surface area contributed by atoms with Gasteiger partial charge in [-0.05, 0) is 13.8 Å². The van der Waals surface area contributed by atoms with Gasteiger partial charge in [-0.3, -0.25) is 28.4 Å².